The van der Waals surface area contributed by atoms with E-state index in [4.69, 9.17) is 9.62 Å². The number of aromatic nitrogens is 1. The monoisotopic (exact) mass is 392 g/mol. The van der Waals surface area contributed by atoms with Gasteiger partial charge < -0.3 is 4.42 Å². The van der Waals surface area contributed by atoms with Gasteiger partial charge in [-0.25, -0.2) is 0 Å². The van der Waals surface area contributed by atoms with Crippen LogP contribution in [0.25, 0.3) is 10.3 Å². The summed E-state index contributed by atoms with van der Waals surface area (Å²) < 4.78 is 5.75. The minimum absolute atomic E-state index is 0.115. The van der Waals surface area contributed by atoms with Crippen molar-refractivity contribution in [3.05, 3.63) is 92.4 Å². The highest BCUT2D eigenvalue weighted by molar-refractivity contribution is 7.16. The topological polar surface area (TPSA) is 92.4 Å². The third-order valence-corrected chi connectivity index (χ3v) is 5.41. The normalized spacial score (nSPS) is 10.9. The molecular weight excluding hydrogens is 376 g/mol. The Morgan fingerprint density at radius 1 is 1.11 bits per heavy atom. The predicted molar refractivity (Wildman–Crippen MR) is 107 cm³/mol. The number of anilines is 1. The Kier molecular flexibility index (Phi) is 4.77. The van der Waals surface area contributed by atoms with Crippen LogP contribution in [-0.2, 0) is 6.42 Å². The lowest BCUT2D eigenvalue weighted by Gasteiger charge is -2.05. The van der Waals surface area contributed by atoms with Crippen molar-refractivity contribution in [1.82, 2.24) is 4.98 Å². The number of hydrogen-bond donors (Lipinski definition) is 2. The Morgan fingerprint density at radius 3 is 2.39 bits per heavy atom. The van der Waals surface area contributed by atoms with Crippen LogP contribution < -0.4 is 11.0 Å². The molecule has 28 heavy (non-hydrogen) atoms. The molecule has 2 aromatic carbocycles. The molecule has 0 saturated heterocycles. The van der Waals surface area contributed by atoms with Crippen LogP contribution in [0.1, 0.15) is 32.9 Å². The summed E-state index contributed by atoms with van der Waals surface area (Å²) in [6.45, 7) is 1.86. The number of aryl methyl sites for hydroxylation is 1. The number of nitrogens with one attached hydrogen (secondary N) is 1. The minimum atomic E-state index is -0.275. The lowest BCUT2D eigenvalue weighted by Crippen LogP contribution is -2.09. The fourth-order valence-corrected chi connectivity index (χ4v) is 3.85. The van der Waals surface area contributed by atoms with Crippen LogP contribution in [-0.4, -0.2) is 16.0 Å². The molecule has 0 unspecified atom stereocenters. The standard InChI is InChI=1S/C21H16N2O4S/c1-12-11-28-21-18(12)20(25)22-17(27-21)10-13-2-4-14(5-3-13)19(24)15-6-8-16(23-26)9-7-15/h2-9,11,23,26H,10H2,1H3. The smallest absolute Gasteiger partial charge is 0.284 e. The minimum Gasteiger partial charge on any atom is -0.431 e. The maximum Gasteiger partial charge on any atom is 0.284 e. The van der Waals surface area contributed by atoms with Gasteiger partial charge in [-0.1, -0.05) is 24.3 Å². The summed E-state index contributed by atoms with van der Waals surface area (Å²) in [6.07, 6.45) is 0.369. The van der Waals surface area contributed by atoms with Crippen LogP contribution in [0.5, 0.6) is 0 Å². The number of thiophene rings is 1. The maximum atomic E-state index is 12.6. The highest BCUT2D eigenvalue weighted by Crippen LogP contribution is 2.23. The van der Waals surface area contributed by atoms with Crippen LogP contribution >= 0.6 is 11.3 Å². The van der Waals surface area contributed by atoms with Gasteiger partial charge in [0.25, 0.3) is 5.56 Å². The number of benzene rings is 2. The fourth-order valence-electron chi connectivity index (χ4n) is 2.94. The first kappa shape index (κ1) is 18.1. The lowest BCUT2D eigenvalue weighted by molar-refractivity contribution is 0.103. The van der Waals surface area contributed by atoms with E-state index in [0.29, 0.717) is 39.4 Å². The van der Waals surface area contributed by atoms with Gasteiger partial charge in [-0.05, 0) is 47.7 Å². The third kappa shape index (κ3) is 3.45. The first-order chi connectivity index (χ1) is 13.5. The van der Waals surface area contributed by atoms with E-state index in [9.17, 15) is 9.59 Å². The number of hydrogen-bond acceptors (Lipinski definition) is 7. The highest BCUT2D eigenvalue weighted by Gasteiger charge is 2.12. The molecule has 2 aromatic heterocycles. The molecule has 0 aliphatic rings. The van der Waals surface area contributed by atoms with Gasteiger partial charge in [-0.15, -0.1) is 11.3 Å². The summed E-state index contributed by atoms with van der Waals surface area (Å²) in [7, 11) is 0. The van der Waals surface area contributed by atoms with Gasteiger partial charge in [0.15, 0.2) is 10.7 Å². The molecule has 0 saturated carbocycles. The van der Waals surface area contributed by atoms with E-state index in [0.717, 1.165) is 11.1 Å². The van der Waals surface area contributed by atoms with Crippen molar-refractivity contribution < 1.29 is 14.4 Å². The second-order valence-corrected chi connectivity index (χ2v) is 7.23. The number of carbonyl (C=O) groups is 1. The number of nitrogens with zero attached hydrogens (tertiary/aromatic N) is 1. The van der Waals surface area contributed by atoms with E-state index >= 15 is 0 Å². The zero-order valence-corrected chi connectivity index (χ0v) is 15.7. The quantitative estimate of drug-likeness (QED) is 0.391. The van der Waals surface area contributed by atoms with Crippen LogP contribution in [0.3, 0.4) is 0 Å². The maximum absolute atomic E-state index is 12.6. The first-order valence-electron chi connectivity index (χ1n) is 8.57. The largest absolute Gasteiger partial charge is 0.431 e. The molecule has 0 aliphatic carbocycles. The SMILES string of the molecule is Cc1csc2oc(Cc3ccc(C(=O)c4ccc(NO)cc4)cc3)nc(=O)c12. The van der Waals surface area contributed by atoms with Crippen molar-refractivity contribution in [2.75, 3.05) is 5.48 Å². The third-order valence-electron chi connectivity index (χ3n) is 4.44. The van der Waals surface area contributed by atoms with Crippen molar-refractivity contribution in [1.29, 1.82) is 0 Å². The van der Waals surface area contributed by atoms with Gasteiger partial charge in [0.1, 0.15) is 0 Å². The zero-order valence-electron chi connectivity index (χ0n) is 14.9. The van der Waals surface area contributed by atoms with E-state index in [1.807, 2.05) is 29.9 Å². The number of fused-ring (bicyclic) bond motifs is 1. The molecule has 6 nitrogen and oxygen atoms in total. The van der Waals surface area contributed by atoms with Crippen LogP contribution in [0.2, 0.25) is 0 Å². The molecular formula is C21H16N2O4S. The summed E-state index contributed by atoms with van der Waals surface area (Å²) in [5, 5.41) is 11.3. The lowest BCUT2D eigenvalue weighted by atomic mass is 10.0. The second-order valence-electron chi connectivity index (χ2n) is 6.39. The summed E-state index contributed by atoms with van der Waals surface area (Å²) in [5.74, 6) is 0.238. The van der Waals surface area contributed by atoms with Crippen molar-refractivity contribution >= 4 is 33.1 Å². The van der Waals surface area contributed by atoms with Gasteiger partial charge in [0.2, 0.25) is 5.89 Å². The first-order valence-corrected chi connectivity index (χ1v) is 9.45. The van der Waals surface area contributed by atoms with E-state index in [1.54, 1.807) is 36.4 Å². The molecule has 0 aliphatic heterocycles. The number of ketones is 1. The Labute approximate surface area is 164 Å². The summed E-state index contributed by atoms with van der Waals surface area (Å²) in [5.41, 5.74) is 5.11. The van der Waals surface area contributed by atoms with Crippen molar-refractivity contribution in [3.8, 4) is 0 Å². The molecule has 0 fully saturated rings. The molecule has 140 valence electrons. The van der Waals surface area contributed by atoms with Gasteiger partial charge >= 0.3 is 0 Å². The van der Waals surface area contributed by atoms with E-state index in [2.05, 4.69) is 4.98 Å². The second kappa shape index (κ2) is 7.38. The molecule has 4 aromatic rings. The summed E-state index contributed by atoms with van der Waals surface area (Å²) >= 11 is 1.39. The molecule has 0 radical (unpaired) electrons. The van der Waals surface area contributed by atoms with E-state index < -0.39 is 0 Å². The van der Waals surface area contributed by atoms with Crippen molar-refractivity contribution in [2.24, 2.45) is 0 Å². The number of carbonyl (C=O) groups excluding carboxylic acids is 1. The molecule has 0 spiro atoms. The van der Waals surface area contributed by atoms with Crippen LogP contribution in [0, 0.1) is 6.92 Å². The number of rotatable bonds is 5. The molecule has 2 N–H and O–H groups in total. The fraction of sp³-hybridized carbons (Fsp3) is 0.0952. The van der Waals surface area contributed by atoms with Crippen LogP contribution in [0.4, 0.5) is 5.69 Å². The average molecular weight is 392 g/mol. The summed E-state index contributed by atoms with van der Waals surface area (Å²) in [4.78, 5) is 29.4. The Morgan fingerprint density at radius 2 is 1.75 bits per heavy atom. The van der Waals surface area contributed by atoms with E-state index in [1.165, 1.54) is 11.3 Å². The Bertz CT molecular complexity index is 1210. The molecule has 0 amide bonds. The molecule has 7 heteroatoms. The highest BCUT2D eigenvalue weighted by atomic mass is 32.1. The molecule has 2 heterocycles. The molecule has 0 atom stereocenters. The predicted octanol–water partition coefficient (Wildman–Crippen LogP) is 4.18. The Hall–Kier alpha value is -3.29. The zero-order chi connectivity index (χ0) is 19.7. The van der Waals surface area contributed by atoms with Gasteiger partial charge in [-0.2, -0.15) is 4.98 Å². The molecule has 0 bridgehead atoms. The van der Waals surface area contributed by atoms with Crippen molar-refractivity contribution in [2.45, 2.75) is 13.3 Å². The average Bonchev–Trinajstić information content (AvgIpc) is 3.09. The van der Waals surface area contributed by atoms with Crippen LogP contribution in [0.15, 0.2) is 63.1 Å². The van der Waals surface area contributed by atoms with Gasteiger partial charge in [0.05, 0.1) is 11.1 Å². The van der Waals surface area contributed by atoms with Gasteiger partial charge in [-0.3, -0.25) is 20.3 Å². The van der Waals surface area contributed by atoms with Crippen molar-refractivity contribution in [3.63, 3.8) is 0 Å². The summed E-state index contributed by atoms with van der Waals surface area (Å²) in [6, 6.07) is 13.7. The Balaban J connectivity index is 1.54. The van der Waals surface area contributed by atoms with Gasteiger partial charge in [0, 0.05) is 17.5 Å². The molecule has 4 rings (SSSR count). The van der Waals surface area contributed by atoms with E-state index in [-0.39, 0.29) is 11.3 Å².